The zero-order chi connectivity index (χ0) is 22.6. The van der Waals surface area contributed by atoms with Crippen molar-refractivity contribution in [3.63, 3.8) is 0 Å². The van der Waals surface area contributed by atoms with Crippen LogP contribution in [0.1, 0.15) is 11.8 Å². The summed E-state index contributed by atoms with van der Waals surface area (Å²) in [5.41, 5.74) is 0.696. The van der Waals surface area contributed by atoms with Crippen LogP contribution in [0.3, 0.4) is 0 Å². The number of hydrogen-bond donors (Lipinski definition) is 1. The maximum atomic E-state index is 12.4. The van der Waals surface area contributed by atoms with Crippen molar-refractivity contribution in [1.29, 1.82) is 0 Å². The zero-order valence-electron chi connectivity index (χ0n) is 16.3. The van der Waals surface area contributed by atoms with Crippen LogP contribution in [-0.2, 0) is 26.1 Å². The number of carbonyl (C=O) groups excluding carboxylic acids is 1. The van der Waals surface area contributed by atoms with Gasteiger partial charge in [0.05, 0.1) is 26.6 Å². The minimum atomic E-state index is -3.87. The highest BCUT2D eigenvalue weighted by Gasteiger charge is 2.13. The lowest BCUT2D eigenvalue weighted by molar-refractivity contribution is -0.380. The van der Waals surface area contributed by atoms with E-state index in [0.717, 1.165) is 22.7 Å². The first-order valence-electron chi connectivity index (χ1n) is 8.94. The molecule has 1 amide bonds. The van der Waals surface area contributed by atoms with E-state index in [2.05, 4.69) is 4.99 Å². The molecule has 0 saturated carbocycles. The van der Waals surface area contributed by atoms with Gasteiger partial charge in [-0.2, -0.15) is 4.99 Å². The third-order valence-electron chi connectivity index (χ3n) is 4.03. The summed E-state index contributed by atoms with van der Waals surface area (Å²) in [5.74, 6) is -0.556. The van der Waals surface area contributed by atoms with Crippen LogP contribution in [0.5, 0.6) is 0 Å². The Labute approximate surface area is 185 Å². The Hall–Kier alpha value is -2.71. The van der Waals surface area contributed by atoms with E-state index < -0.39 is 20.9 Å². The first kappa shape index (κ1) is 23.0. The molecule has 3 rings (SSSR count). The highest BCUT2D eigenvalue weighted by Crippen LogP contribution is 2.25. The molecule has 0 bridgehead atoms. The van der Waals surface area contributed by atoms with Gasteiger partial charge in [-0.1, -0.05) is 22.7 Å². The number of aromatic nitrogens is 1. The number of benzene rings is 1. The summed E-state index contributed by atoms with van der Waals surface area (Å²) in [5, 5.41) is 15.9. The number of fused-ring (bicyclic) bond motifs is 1. The number of nitro groups is 1. The first-order valence-corrected chi connectivity index (χ1v) is 12.1. The van der Waals surface area contributed by atoms with Crippen molar-refractivity contribution in [2.24, 2.45) is 10.1 Å². The number of carbonyl (C=O) groups is 1. The van der Waals surface area contributed by atoms with Gasteiger partial charge in [-0.25, -0.2) is 13.6 Å². The van der Waals surface area contributed by atoms with Crippen molar-refractivity contribution >= 4 is 59.9 Å². The van der Waals surface area contributed by atoms with Crippen LogP contribution < -0.4 is 9.94 Å². The summed E-state index contributed by atoms with van der Waals surface area (Å²) < 4.78 is 31.1. The van der Waals surface area contributed by atoms with Gasteiger partial charge in [0.25, 0.3) is 5.91 Å². The summed E-state index contributed by atoms with van der Waals surface area (Å²) >= 11 is 2.10. The van der Waals surface area contributed by atoms with E-state index in [0.29, 0.717) is 39.7 Å². The molecule has 0 spiro atoms. The normalized spacial score (nSPS) is 12.8. The Bertz CT molecular complexity index is 1330. The number of sulfonamides is 1. The molecule has 164 valence electrons. The predicted molar refractivity (Wildman–Crippen MR) is 118 cm³/mol. The molecule has 0 aliphatic carbocycles. The molecule has 2 heterocycles. The Morgan fingerprint density at radius 1 is 1.32 bits per heavy atom. The molecule has 2 N–H and O–H groups in total. The Morgan fingerprint density at radius 2 is 2.10 bits per heavy atom. The molecule has 0 unspecified atom stereocenters. The van der Waals surface area contributed by atoms with E-state index in [1.165, 1.54) is 30.4 Å². The molecule has 0 aliphatic rings. The second-order valence-electron chi connectivity index (χ2n) is 6.12. The summed E-state index contributed by atoms with van der Waals surface area (Å²) in [6, 6.07) is 7.36. The van der Waals surface area contributed by atoms with Crippen LogP contribution in [0.2, 0.25) is 0 Å². The van der Waals surface area contributed by atoms with Crippen LogP contribution >= 0.6 is 22.7 Å². The number of hydrogen-bond acceptors (Lipinski definition) is 8. The number of thiazole rings is 1. The van der Waals surface area contributed by atoms with Crippen molar-refractivity contribution in [2.45, 2.75) is 18.4 Å². The average Bonchev–Trinajstić information content (AvgIpc) is 3.30. The van der Waals surface area contributed by atoms with E-state index in [-0.39, 0.29) is 9.90 Å². The van der Waals surface area contributed by atoms with E-state index in [4.69, 9.17) is 9.88 Å². The Balaban J connectivity index is 1.97. The van der Waals surface area contributed by atoms with Crippen LogP contribution in [0.15, 0.2) is 46.3 Å². The van der Waals surface area contributed by atoms with E-state index in [1.807, 2.05) is 6.92 Å². The van der Waals surface area contributed by atoms with Gasteiger partial charge in [0, 0.05) is 30.2 Å². The molecule has 0 fully saturated rings. The van der Waals surface area contributed by atoms with Gasteiger partial charge >= 0.3 is 5.00 Å². The van der Waals surface area contributed by atoms with E-state index >= 15 is 0 Å². The maximum Gasteiger partial charge on any atom is 0.324 e. The largest absolute Gasteiger partial charge is 0.380 e. The molecule has 3 aromatic rings. The third-order valence-corrected chi connectivity index (χ3v) is 6.99. The first-order chi connectivity index (χ1) is 14.7. The Kier molecular flexibility index (Phi) is 7.12. The second kappa shape index (κ2) is 9.62. The molecule has 0 saturated heterocycles. The fourth-order valence-electron chi connectivity index (χ4n) is 2.65. The fraction of sp³-hybridized carbons (Fsp3) is 0.222. The minimum absolute atomic E-state index is 0.0204. The SMILES string of the molecule is CCOCCn1c(=NC(=O)/C=C\c2ccc([N+](=O)[O-])s2)sc2cc(S(N)(=O)=O)ccc21. The minimum Gasteiger partial charge on any atom is -0.380 e. The fourth-order valence-corrected chi connectivity index (χ4v) is 5.09. The molecule has 0 aliphatic heterocycles. The van der Waals surface area contributed by atoms with Crippen molar-refractivity contribution in [1.82, 2.24) is 4.57 Å². The third kappa shape index (κ3) is 5.71. The molecule has 31 heavy (non-hydrogen) atoms. The smallest absolute Gasteiger partial charge is 0.324 e. The number of primary sulfonamides is 1. The summed E-state index contributed by atoms with van der Waals surface area (Å²) in [7, 11) is -3.87. The summed E-state index contributed by atoms with van der Waals surface area (Å²) in [6.45, 7) is 3.19. The van der Waals surface area contributed by atoms with Crippen molar-refractivity contribution in [3.05, 3.63) is 56.2 Å². The van der Waals surface area contributed by atoms with E-state index in [1.54, 1.807) is 16.7 Å². The van der Waals surface area contributed by atoms with Gasteiger partial charge < -0.3 is 9.30 Å². The van der Waals surface area contributed by atoms with Crippen molar-refractivity contribution in [3.8, 4) is 0 Å². The van der Waals surface area contributed by atoms with E-state index in [9.17, 15) is 23.3 Å². The number of thiophene rings is 1. The zero-order valence-corrected chi connectivity index (χ0v) is 18.7. The monoisotopic (exact) mass is 482 g/mol. The molecule has 2 aromatic heterocycles. The molecule has 0 atom stereocenters. The standard InChI is InChI=1S/C18H18N4O6S3/c1-2-28-10-9-21-14-6-5-13(31(19,26)27)11-15(14)30-18(21)20-16(23)7-3-12-4-8-17(29-12)22(24)25/h3-8,11H,2,9-10H2,1H3,(H2,19,26,27)/b7-3-,20-18?. The van der Waals surface area contributed by atoms with Crippen LogP contribution in [0.4, 0.5) is 5.00 Å². The molecule has 0 radical (unpaired) electrons. The Morgan fingerprint density at radius 3 is 2.74 bits per heavy atom. The number of ether oxygens (including phenoxy) is 1. The molecular weight excluding hydrogens is 464 g/mol. The van der Waals surface area contributed by atoms with Gasteiger partial charge in [-0.15, -0.1) is 0 Å². The molecule has 13 heteroatoms. The van der Waals surface area contributed by atoms with Gasteiger partial charge in [-0.3, -0.25) is 14.9 Å². The summed E-state index contributed by atoms with van der Waals surface area (Å²) in [6.07, 6.45) is 2.68. The topological polar surface area (TPSA) is 147 Å². The van der Waals surface area contributed by atoms with Crippen molar-refractivity contribution in [2.75, 3.05) is 13.2 Å². The number of nitrogens with two attached hydrogens (primary N) is 1. The molecule has 10 nitrogen and oxygen atoms in total. The number of nitrogens with zero attached hydrogens (tertiary/aromatic N) is 3. The van der Waals surface area contributed by atoms with Gasteiger partial charge in [0.2, 0.25) is 10.0 Å². The molecular formula is C18H18N4O6S3. The van der Waals surface area contributed by atoms with Gasteiger partial charge in [0.1, 0.15) is 0 Å². The molecule has 1 aromatic carbocycles. The number of rotatable bonds is 8. The number of amides is 1. The van der Waals surface area contributed by atoms with Crippen LogP contribution in [0, 0.1) is 10.1 Å². The highest BCUT2D eigenvalue weighted by molar-refractivity contribution is 7.89. The van der Waals surface area contributed by atoms with Crippen LogP contribution in [-0.4, -0.2) is 37.0 Å². The maximum absolute atomic E-state index is 12.4. The lowest BCUT2D eigenvalue weighted by atomic mass is 10.3. The van der Waals surface area contributed by atoms with Crippen LogP contribution in [0.25, 0.3) is 16.3 Å². The highest BCUT2D eigenvalue weighted by atomic mass is 32.2. The van der Waals surface area contributed by atoms with Gasteiger partial charge in [-0.05, 0) is 37.3 Å². The second-order valence-corrected chi connectivity index (χ2v) is 9.79. The lowest BCUT2D eigenvalue weighted by Gasteiger charge is -2.05. The quantitative estimate of drug-likeness (QED) is 0.226. The summed E-state index contributed by atoms with van der Waals surface area (Å²) in [4.78, 5) is 27.6. The predicted octanol–water partition coefficient (Wildman–Crippen LogP) is 2.50. The lowest BCUT2D eigenvalue weighted by Crippen LogP contribution is -2.19. The van der Waals surface area contributed by atoms with Crippen molar-refractivity contribution < 1.29 is 22.9 Å². The average molecular weight is 483 g/mol. The van der Waals surface area contributed by atoms with Gasteiger partial charge in [0.15, 0.2) is 4.80 Å².